The number of rotatable bonds is 4. The third kappa shape index (κ3) is 3.98. The lowest BCUT2D eigenvalue weighted by Gasteiger charge is -2.14. The van der Waals surface area contributed by atoms with Gasteiger partial charge in [0.15, 0.2) is 0 Å². The molecule has 0 bridgehead atoms. The summed E-state index contributed by atoms with van der Waals surface area (Å²) in [4.78, 5) is 1.72. The maximum absolute atomic E-state index is 12.7. The lowest BCUT2D eigenvalue weighted by Crippen LogP contribution is -2.22. The predicted molar refractivity (Wildman–Crippen MR) is 55.1 cm³/mol. The lowest BCUT2D eigenvalue weighted by molar-refractivity contribution is -0.276. The van der Waals surface area contributed by atoms with E-state index in [9.17, 15) is 30.4 Å². The number of sulfonamides is 1. The normalized spacial score (nSPS) is 12.8. The van der Waals surface area contributed by atoms with E-state index in [1.54, 1.807) is 0 Å². The minimum absolute atomic E-state index is 0.485. The monoisotopic (exact) mass is 321 g/mol. The number of pyridine rings is 1. The first-order chi connectivity index (χ1) is 8.95. The molecular weight excluding hydrogens is 313 g/mol. The standard InChI is InChI=1S/C8H8F5N3O3S/c9-7(10)5-6(20(15,17)18)3(2-14)1-4(16-5)19-8(11,12)13/h1,7H,2,14H2,(H2,15,17,18). The van der Waals surface area contributed by atoms with Crippen LogP contribution in [0.4, 0.5) is 22.0 Å². The van der Waals surface area contributed by atoms with Crippen LogP contribution in [0.15, 0.2) is 11.0 Å². The van der Waals surface area contributed by atoms with Crippen LogP contribution in [0.1, 0.15) is 17.7 Å². The Morgan fingerprint density at radius 3 is 2.25 bits per heavy atom. The molecule has 0 aliphatic carbocycles. The molecule has 1 aromatic heterocycles. The van der Waals surface area contributed by atoms with Crippen molar-refractivity contribution in [2.24, 2.45) is 10.9 Å². The molecule has 0 aliphatic rings. The first-order valence-electron chi connectivity index (χ1n) is 4.76. The van der Waals surface area contributed by atoms with Gasteiger partial charge in [-0.05, 0) is 5.56 Å². The highest BCUT2D eigenvalue weighted by atomic mass is 32.2. The number of alkyl halides is 5. The van der Waals surface area contributed by atoms with Crippen molar-refractivity contribution in [2.75, 3.05) is 0 Å². The van der Waals surface area contributed by atoms with E-state index in [0.717, 1.165) is 0 Å². The molecule has 0 aromatic carbocycles. The zero-order chi connectivity index (χ0) is 15.7. The van der Waals surface area contributed by atoms with Crippen LogP contribution in [0.5, 0.6) is 5.88 Å². The minimum Gasteiger partial charge on any atom is -0.388 e. The van der Waals surface area contributed by atoms with Gasteiger partial charge >= 0.3 is 6.36 Å². The highest BCUT2D eigenvalue weighted by Gasteiger charge is 2.34. The van der Waals surface area contributed by atoms with Crippen molar-refractivity contribution in [3.8, 4) is 5.88 Å². The van der Waals surface area contributed by atoms with Gasteiger partial charge in [0.25, 0.3) is 6.43 Å². The summed E-state index contributed by atoms with van der Waals surface area (Å²) < 4.78 is 87.3. The fourth-order valence-corrected chi connectivity index (χ4v) is 2.31. The molecule has 0 aliphatic heterocycles. The van der Waals surface area contributed by atoms with Crippen LogP contribution in [0.25, 0.3) is 0 Å². The molecule has 1 aromatic rings. The number of hydrogen-bond donors (Lipinski definition) is 2. The lowest BCUT2D eigenvalue weighted by atomic mass is 10.2. The Bertz CT molecular complexity index is 602. The molecule has 6 nitrogen and oxygen atoms in total. The first kappa shape index (κ1) is 16.5. The van der Waals surface area contributed by atoms with Crippen molar-refractivity contribution in [3.63, 3.8) is 0 Å². The molecule has 1 heterocycles. The summed E-state index contributed by atoms with van der Waals surface area (Å²) in [7, 11) is -4.64. The number of hydrogen-bond acceptors (Lipinski definition) is 5. The van der Waals surface area contributed by atoms with E-state index in [0.29, 0.717) is 6.07 Å². The fraction of sp³-hybridized carbons (Fsp3) is 0.375. The second-order valence-corrected chi connectivity index (χ2v) is 4.93. The molecule has 12 heteroatoms. The average Bonchev–Trinajstić information content (AvgIpc) is 2.23. The Morgan fingerprint density at radius 2 is 1.90 bits per heavy atom. The number of nitrogens with zero attached hydrogens (tertiary/aromatic N) is 1. The summed E-state index contributed by atoms with van der Waals surface area (Å²) in [6.45, 7) is -0.651. The minimum atomic E-state index is -5.18. The first-order valence-corrected chi connectivity index (χ1v) is 6.31. The molecule has 0 atom stereocenters. The Hall–Kier alpha value is -1.53. The summed E-state index contributed by atoms with van der Waals surface area (Å²) in [6, 6.07) is 0.485. The highest BCUT2D eigenvalue weighted by Crippen LogP contribution is 2.31. The number of nitrogens with two attached hydrogens (primary N) is 2. The van der Waals surface area contributed by atoms with Crippen molar-refractivity contribution in [2.45, 2.75) is 24.2 Å². The van der Waals surface area contributed by atoms with Crippen molar-refractivity contribution >= 4 is 10.0 Å². The van der Waals surface area contributed by atoms with Crippen LogP contribution in [0, 0.1) is 0 Å². The number of halogens is 5. The van der Waals surface area contributed by atoms with Gasteiger partial charge in [-0.3, -0.25) is 0 Å². The van der Waals surface area contributed by atoms with E-state index in [2.05, 4.69) is 9.72 Å². The van der Waals surface area contributed by atoms with Gasteiger partial charge in [0.1, 0.15) is 10.6 Å². The Morgan fingerprint density at radius 1 is 1.35 bits per heavy atom. The van der Waals surface area contributed by atoms with Crippen LogP contribution in [0.3, 0.4) is 0 Å². The third-order valence-corrected chi connectivity index (χ3v) is 3.02. The van der Waals surface area contributed by atoms with E-state index < -0.39 is 51.4 Å². The molecule has 114 valence electrons. The molecule has 0 saturated heterocycles. The van der Waals surface area contributed by atoms with E-state index in [-0.39, 0.29) is 0 Å². The SMILES string of the molecule is NCc1cc(OC(F)(F)F)nc(C(F)F)c1S(N)(=O)=O. The summed E-state index contributed by atoms with van der Waals surface area (Å²) in [5, 5.41) is 4.73. The van der Waals surface area contributed by atoms with Gasteiger partial charge in [-0.15, -0.1) is 13.2 Å². The summed E-state index contributed by atoms with van der Waals surface area (Å²) >= 11 is 0. The fourth-order valence-electron chi connectivity index (χ4n) is 1.38. The van der Waals surface area contributed by atoms with Crippen LogP contribution in [-0.4, -0.2) is 19.8 Å². The molecule has 0 unspecified atom stereocenters. The van der Waals surface area contributed by atoms with Gasteiger partial charge in [0.2, 0.25) is 15.9 Å². The molecule has 20 heavy (non-hydrogen) atoms. The van der Waals surface area contributed by atoms with Gasteiger partial charge in [-0.1, -0.05) is 0 Å². The molecular formula is C8H8F5N3O3S. The summed E-state index contributed by atoms with van der Waals surface area (Å²) in [5.41, 5.74) is 3.11. The van der Waals surface area contributed by atoms with Gasteiger partial charge < -0.3 is 10.5 Å². The molecule has 1 rings (SSSR count). The zero-order valence-electron chi connectivity index (χ0n) is 9.49. The topological polar surface area (TPSA) is 108 Å². The van der Waals surface area contributed by atoms with Crippen molar-refractivity contribution < 1.29 is 35.1 Å². The number of primary sulfonamides is 1. The van der Waals surface area contributed by atoms with Crippen LogP contribution in [-0.2, 0) is 16.6 Å². The van der Waals surface area contributed by atoms with Crippen molar-refractivity contribution in [1.82, 2.24) is 4.98 Å². The quantitative estimate of drug-likeness (QED) is 0.805. The van der Waals surface area contributed by atoms with Crippen LogP contribution >= 0.6 is 0 Å². The number of ether oxygens (including phenoxy) is 1. The second-order valence-electron chi connectivity index (χ2n) is 3.43. The molecule has 0 fully saturated rings. The molecule has 0 saturated carbocycles. The Labute approximate surface area is 109 Å². The van der Waals surface area contributed by atoms with Crippen LogP contribution < -0.4 is 15.6 Å². The molecule has 0 radical (unpaired) electrons. The predicted octanol–water partition coefficient (Wildman–Crippen LogP) is 1.02. The number of aromatic nitrogens is 1. The van der Waals surface area contributed by atoms with Crippen molar-refractivity contribution in [3.05, 3.63) is 17.3 Å². The second kappa shape index (κ2) is 5.46. The van der Waals surface area contributed by atoms with Gasteiger partial charge in [-0.2, -0.15) is 0 Å². The van der Waals surface area contributed by atoms with Gasteiger partial charge in [-0.25, -0.2) is 27.3 Å². The Kier molecular flexibility index (Phi) is 4.51. The van der Waals surface area contributed by atoms with E-state index in [4.69, 9.17) is 10.9 Å². The third-order valence-electron chi connectivity index (χ3n) is 1.98. The zero-order valence-corrected chi connectivity index (χ0v) is 10.3. The van der Waals surface area contributed by atoms with Crippen molar-refractivity contribution in [1.29, 1.82) is 0 Å². The highest BCUT2D eigenvalue weighted by molar-refractivity contribution is 7.89. The molecule has 4 N–H and O–H groups in total. The van der Waals surface area contributed by atoms with E-state index in [1.807, 2.05) is 0 Å². The van der Waals surface area contributed by atoms with Gasteiger partial charge in [0, 0.05) is 12.6 Å². The smallest absolute Gasteiger partial charge is 0.388 e. The van der Waals surface area contributed by atoms with Crippen LogP contribution in [0.2, 0.25) is 0 Å². The average molecular weight is 321 g/mol. The molecule has 0 amide bonds. The van der Waals surface area contributed by atoms with Gasteiger partial charge in [0.05, 0.1) is 0 Å². The maximum atomic E-state index is 12.7. The van der Waals surface area contributed by atoms with E-state index >= 15 is 0 Å². The largest absolute Gasteiger partial charge is 0.574 e. The maximum Gasteiger partial charge on any atom is 0.574 e. The summed E-state index contributed by atoms with van der Waals surface area (Å²) in [6.07, 6.45) is -8.66. The summed E-state index contributed by atoms with van der Waals surface area (Å²) in [5.74, 6) is -1.25. The van der Waals surface area contributed by atoms with E-state index in [1.165, 1.54) is 0 Å². The Balaban J connectivity index is 3.55. The molecule has 0 spiro atoms.